The molecule has 1 amide bonds. The Bertz CT molecular complexity index is 999. The largest absolute Gasteiger partial charge is 0.338 e. The standard InChI is InChI=1S/C16H13N5O2/c22-14-4-3-11(20-21-14)9-1-2-12-13(7-9)19-16(18-12)10-5-6-17-15(23)8-10/h1-2,5-8H,3-4H2,(H,17,23)(H,18,19)(H,21,22). The van der Waals surface area contributed by atoms with Crippen molar-refractivity contribution in [3.63, 3.8) is 0 Å². The summed E-state index contributed by atoms with van der Waals surface area (Å²) in [4.78, 5) is 32.9. The van der Waals surface area contributed by atoms with Crippen molar-refractivity contribution in [2.75, 3.05) is 0 Å². The smallest absolute Gasteiger partial charge is 0.248 e. The summed E-state index contributed by atoms with van der Waals surface area (Å²) in [6.07, 6.45) is 2.65. The van der Waals surface area contributed by atoms with Crippen LogP contribution in [0.1, 0.15) is 18.4 Å². The molecule has 0 saturated carbocycles. The number of amides is 1. The molecular weight excluding hydrogens is 294 g/mol. The number of pyridine rings is 1. The van der Waals surface area contributed by atoms with Gasteiger partial charge in [0.05, 0.1) is 16.7 Å². The first-order valence-corrected chi connectivity index (χ1v) is 7.24. The highest BCUT2D eigenvalue weighted by atomic mass is 16.2. The van der Waals surface area contributed by atoms with Gasteiger partial charge in [-0.2, -0.15) is 5.10 Å². The predicted molar refractivity (Wildman–Crippen MR) is 86.1 cm³/mol. The van der Waals surface area contributed by atoms with E-state index in [9.17, 15) is 9.59 Å². The van der Waals surface area contributed by atoms with Crippen LogP contribution >= 0.6 is 0 Å². The van der Waals surface area contributed by atoms with Crippen LogP contribution in [0, 0.1) is 0 Å². The number of nitrogens with zero attached hydrogens (tertiary/aromatic N) is 2. The number of benzene rings is 1. The second-order valence-electron chi connectivity index (χ2n) is 5.35. The van der Waals surface area contributed by atoms with Crippen LogP contribution in [0.4, 0.5) is 0 Å². The second-order valence-corrected chi connectivity index (χ2v) is 5.35. The van der Waals surface area contributed by atoms with Gasteiger partial charge in [-0.05, 0) is 23.8 Å². The highest BCUT2D eigenvalue weighted by Gasteiger charge is 2.14. The number of fused-ring (bicyclic) bond motifs is 1. The zero-order valence-corrected chi connectivity index (χ0v) is 12.1. The molecule has 7 heteroatoms. The summed E-state index contributed by atoms with van der Waals surface area (Å²) >= 11 is 0. The summed E-state index contributed by atoms with van der Waals surface area (Å²) in [6, 6.07) is 9.08. The quantitative estimate of drug-likeness (QED) is 0.669. The fourth-order valence-corrected chi connectivity index (χ4v) is 2.60. The maximum Gasteiger partial charge on any atom is 0.248 e. The van der Waals surface area contributed by atoms with Gasteiger partial charge < -0.3 is 9.97 Å². The highest BCUT2D eigenvalue weighted by molar-refractivity contribution is 6.05. The molecule has 4 rings (SSSR count). The van der Waals surface area contributed by atoms with E-state index in [1.807, 2.05) is 18.2 Å². The molecule has 1 aliphatic rings. The molecule has 23 heavy (non-hydrogen) atoms. The minimum Gasteiger partial charge on any atom is -0.338 e. The van der Waals surface area contributed by atoms with Crippen LogP contribution in [0.5, 0.6) is 0 Å². The number of H-pyrrole nitrogens is 2. The van der Waals surface area contributed by atoms with Gasteiger partial charge in [0.1, 0.15) is 5.82 Å². The van der Waals surface area contributed by atoms with Gasteiger partial charge in [0.15, 0.2) is 0 Å². The second kappa shape index (κ2) is 5.20. The molecule has 0 radical (unpaired) electrons. The van der Waals surface area contributed by atoms with Crippen LogP contribution in [0.25, 0.3) is 22.4 Å². The Kier molecular flexibility index (Phi) is 3.04. The Morgan fingerprint density at radius 3 is 2.70 bits per heavy atom. The number of rotatable bonds is 2. The summed E-state index contributed by atoms with van der Waals surface area (Å²) in [5, 5.41) is 4.10. The third kappa shape index (κ3) is 2.52. The lowest BCUT2D eigenvalue weighted by Gasteiger charge is -2.11. The fraction of sp³-hybridized carbons (Fsp3) is 0.125. The van der Waals surface area contributed by atoms with Gasteiger partial charge in [0.2, 0.25) is 11.5 Å². The van der Waals surface area contributed by atoms with Gasteiger partial charge in [0, 0.05) is 30.7 Å². The molecule has 114 valence electrons. The summed E-state index contributed by atoms with van der Waals surface area (Å²) in [6.45, 7) is 0. The molecule has 1 aromatic carbocycles. The molecule has 3 aromatic rings. The van der Waals surface area contributed by atoms with Crippen LogP contribution in [-0.4, -0.2) is 26.6 Å². The first-order chi connectivity index (χ1) is 11.2. The van der Waals surface area contributed by atoms with Crippen LogP contribution in [0.2, 0.25) is 0 Å². The molecule has 7 nitrogen and oxygen atoms in total. The van der Waals surface area contributed by atoms with Crippen LogP contribution in [0.3, 0.4) is 0 Å². The zero-order valence-electron chi connectivity index (χ0n) is 12.1. The van der Waals surface area contributed by atoms with E-state index in [1.165, 1.54) is 6.07 Å². The van der Waals surface area contributed by atoms with Crippen molar-refractivity contribution in [2.24, 2.45) is 5.10 Å². The van der Waals surface area contributed by atoms with E-state index < -0.39 is 0 Å². The Labute approximate surface area is 130 Å². The molecular formula is C16H13N5O2. The molecule has 0 atom stereocenters. The van der Waals surface area contributed by atoms with Crippen molar-refractivity contribution in [3.8, 4) is 11.4 Å². The lowest BCUT2D eigenvalue weighted by atomic mass is 10.0. The number of aromatic nitrogens is 3. The maximum atomic E-state index is 11.4. The lowest BCUT2D eigenvalue weighted by molar-refractivity contribution is -0.121. The molecule has 0 spiro atoms. The van der Waals surface area contributed by atoms with Crippen molar-refractivity contribution in [1.29, 1.82) is 0 Å². The average Bonchev–Trinajstić information content (AvgIpc) is 2.99. The van der Waals surface area contributed by atoms with E-state index in [0.29, 0.717) is 18.7 Å². The lowest BCUT2D eigenvalue weighted by Crippen LogP contribution is -2.25. The van der Waals surface area contributed by atoms with Crippen LogP contribution < -0.4 is 11.0 Å². The Hall–Kier alpha value is -3.22. The van der Waals surface area contributed by atoms with Crippen molar-refractivity contribution in [2.45, 2.75) is 12.8 Å². The van der Waals surface area contributed by atoms with E-state index in [4.69, 9.17) is 0 Å². The third-order valence-corrected chi connectivity index (χ3v) is 3.77. The normalized spacial score (nSPS) is 14.6. The van der Waals surface area contributed by atoms with E-state index in [1.54, 1.807) is 12.3 Å². The van der Waals surface area contributed by atoms with Gasteiger partial charge >= 0.3 is 0 Å². The summed E-state index contributed by atoms with van der Waals surface area (Å²) in [5.74, 6) is 0.579. The van der Waals surface area contributed by atoms with Crippen molar-refractivity contribution < 1.29 is 4.79 Å². The molecule has 3 heterocycles. The van der Waals surface area contributed by atoms with Gasteiger partial charge in [-0.15, -0.1) is 0 Å². The zero-order chi connectivity index (χ0) is 15.8. The minimum absolute atomic E-state index is 0.0621. The molecule has 0 aliphatic carbocycles. The summed E-state index contributed by atoms with van der Waals surface area (Å²) in [7, 11) is 0. The summed E-state index contributed by atoms with van der Waals surface area (Å²) < 4.78 is 0. The topological polar surface area (TPSA) is 103 Å². The average molecular weight is 307 g/mol. The third-order valence-electron chi connectivity index (χ3n) is 3.77. The van der Waals surface area contributed by atoms with Crippen LogP contribution in [-0.2, 0) is 4.79 Å². The number of nitrogens with one attached hydrogen (secondary N) is 3. The minimum atomic E-state index is -0.170. The molecule has 2 aromatic heterocycles. The van der Waals surface area contributed by atoms with Gasteiger partial charge in [-0.3, -0.25) is 9.59 Å². The van der Waals surface area contributed by atoms with Gasteiger partial charge in [-0.1, -0.05) is 6.07 Å². The Balaban J connectivity index is 1.75. The molecule has 1 aliphatic heterocycles. The van der Waals surface area contributed by atoms with E-state index in [-0.39, 0.29) is 11.5 Å². The number of imidazole rings is 1. The number of carbonyl (C=O) groups excluding carboxylic acids is 1. The van der Waals surface area contributed by atoms with Gasteiger partial charge in [0.25, 0.3) is 0 Å². The van der Waals surface area contributed by atoms with E-state index in [0.717, 1.165) is 27.9 Å². The van der Waals surface area contributed by atoms with Gasteiger partial charge in [-0.25, -0.2) is 10.4 Å². The molecule has 0 unspecified atom stereocenters. The number of carbonyl (C=O) groups is 1. The molecule has 0 saturated heterocycles. The van der Waals surface area contributed by atoms with Crippen molar-refractivity contribution >= 4 is 22.7 Å². The SMILES string of the molecule is O=C1CCC(c2ccc3nc(-c4cc[nH]c(=O)c4)[nH]c3c2)=NN1. The van der Waals surface area contributed by atoms with Crippen molar-refractivity contribution in [3.05, 3.63) is 52.4 Å². The fourth-order valence-electron chi connectivity index (χ4n) is 2.60. The number of hydrazone groups is 1. The maximum absolute atomic E-state index is 11.4. The molecule has 3 N–H and O–H groups in total. The highest BCUT2D eigenvalue weighted by Crippen LogP contribution is 2.21. The monoisotopic (exact) mass is 307 g/mol. The summed E-state index contributed by atoms with van der Waals surface area (Å²) in [5.41, 5.74) is 6.52. The predicted octanol–water partition coefficient (Wildman–Crippen LogP) is 1.53. The molecule has 0 bridgehead atoms. The first-order valence-electron chi connectivity index (χ1n) is 7.24. The number of aromatic amines is 2. The van der Waals surface area contributed by atoms with Crippen molar-refractivity contribution in [1.82, 2.24) is 20.4 Å². The van der Waals surface area contributed by atoms with E-state index in [2.05, 4.69) is 25.5 Å². The van der Waals surface area contributed by atoms with Crippen LogP contribution in [0.15, 0.2) is 46.4 Å². The molecule has 0 fully saturated rings. The van der Waals surface area contributed by atoms with E-state index >= 15 is 0 Å². The number of hydrogen-bond acceptors (Lipinski definition) is 4. The number of hydrogen-bond donors (Lipinski definition) is 3. The Morgan fingerprint density at radius 1 is 1.00 bits per heavy atom. The Morgan fingerprint density at radius 2 is 1.91 bits per heavy atom. The first kappa shape index (κ1) is 13.4.